The Balaban J connectivity index is 2.32. The number of amides is 1. The molecule has 0 aromatic heterocycles. The number of carbonyl (C=O) groups excluding carboxylic acids is 1. The predicted octanol–water partition coefficient (Wildman–Crippen LogP) is 0.630. The molecule has 1 aromatic rings. The number of hydrogen-bond donors (Lipinski definition) is 2. The van der Waals surface area contributed by atoms with Crippen LogP contribution in [0.4, 0.5) is 5.69 Å². The van der Waals surface area contributed by atoms with Gasteiger partial charge in [0.2, 0.25) is 5.91 Å². The molecule has 80 valence electrons. The smallest absolute Gasteiger partial charge is 0.246 e. The number of morpholine rings is 1. The van der Waals surface area contributed by atoms with Gasteiger partial charge in [0.15, 0.2) is 0 Å². The fourth-order valence-corrected chi connectivity index (χ4v) is 1.77. The molecule has 3 N–H and O–H groups in total. The van der Waals surface area contributed by atoms with E-state index in [9.17, 15) is 4.79 Å². The molecule has 0 spiro atoms. The van der Waals surface area contributed by atoms with Crippen LogP contribution in [0.2, 0.25) is 0 Å². The average molecular weight is 206 g/mol. The van der Waals surface area contributed by atoms with Crippen LogP contribution < -0.4 is 11.1 Å². The van der Waals surface area contributed by atoms with Crippen molar-refractivity contribution >= 4 is 11.6 Å². The highest BCUT2D eigenvalue weighted by atomic mass is 16.5. The molecular weight excluding hydrogens is 192 g/mol. The fraction of sp³-hybridized carbons (Fsp3) is 0.364. The zero-order valence-electron chi connectivity index (χ0n) is 8.62. The molecule has 1 fully saturated rings. The van der Waals surface area contributed by atoms with Crippen LogP contribution in [-0.4, -0.2) is 19.1 Å². The minimum atomic E-state index is -0.468. The maximum absolute atomic E-state index is 11.3. The van der Waals surface area contributed by atoms with Crippen molar-refractivity contribution in [3.8, 4) is 0 Å². The van der Waals surface area contributed by atoms with Crippen molar-refractivity contribution in [3.05, 3.63) is 29.8 Å². The van der Waals surface area contributed by atoms with Gasteiger partial charge in [-0.1, -0.05) is 12.1 Å². The molecule has 0 saturated carbocycles. The number of benzene rings is 1. The van der Waals surface area contributed by atoms with E-state index in [0.29, 0.717) is 12.3 Å². The molecule has 1 aromatic carbocycles. The quantitative estimate of drug-likeness (QED) is 0.662. The number of hydrogen-bond acceptors (Lipinski definition) is 3. The largest absolute Gasteiger partial charge is 0.399 e. The number of carbonyl (C=O) groups is 1. The van der Waals surface area contributed by atoms with Gasteiger partial charge in [-0.15, -0.1) is 0 Å². The third kappa shape index (κ3) is 1.94. The summed E-state index contributed by atoms with van der Waals surface area (Å²) in [5.41, 5.74) is 6.89. The van der Waals surface area contributed by atoms with Gasteiger partial charge in [0.1, 0.15) is 6.61 Å². The van der Waals surface area contributed by atoms with Crippen molar-refractivity contribution in [2.24, 2.45) is 0 Å². The van der Waals surface area contributed by atoms with Gasteiger partial charge in [-0.25, -0.2) is 0 Å². The second-order valence-corrected chi connectivity index (χ2v) is 4.00. The summed E-state index contributed by atoms with van der Waals surface area (Å²) < 4.78 is 5.24. The first-order valence-electron chi connectivity index (χ1n) is 4.85. The normalized spacial score (nSPS) is 26.1. The van der Waals surface area contributed by atoms with E-state index >= 15 is 0 Å². The topological polar surface area (TPSA) is 64.3 Å². The summed E-state index contributed by atoms with van der Waals surface area (Å²) in [4.78, 5) is 11.3. The van der Waals surface area contributed by atoms with Gasteiger partial charge >= 0.3 is 0 Å². The lowest BCUT2D eigenvalue weighted by Gasteiger charge is -2.34. The number of anilines is 1. The Morgan fingerprint density at radius 3 is 3.00 bits per heavy atom. The molecule has 15 heavy (non-hydrogen) atoms. The Hall–Kier alpha value is -1.55. The summed E-state index contributed by atoms with van der Waals surface area (Å²) in [5, 5.41) is 2.92. The van der Waals surface area contributed by atoms with Crippen molar-refractivity contribution in [2.45, 2.75) is 12.5 Å². The maximum Gasteiger partial charge on any atom is 0.246 e. The third-order valence-corrected chi connectivity index (χ3v) is 2.56. The molecule has 4 heteroatoms. The van der Waals surface area contributed by atoms with Gasteiger partial charge in [-0.3, -0.25) is 4.79 Å². The van der Waals surface area contributed by atoms with Crippen LogP contribution in [0.1, 0.15) is 12.5 Å². The number of nitrogens with one attached hydrogen (secondary N) is 1. The van der Waals surface area contributed by atoms with Crippen LogP contribution in [0, 0.1) is 0 Å². The van der Waals surface area contributed by atoms with E-state index in [-0.39, 0.29) is 12.5 Å². The summed E-state index contributed by atoms with van der Waals surface area (Å²) in [6.07, 6.45) is 0. The van der Waals surface area contributed by atoms with Crippen molar-refractivity contribution in [1.82, 2.24) is 5.32 Å². The van der Waals surface area contributed by atoms with E-state index in [1.165, 1.54) is 0 Å². The highest BCUT2D eigenvalue weighted by Gasteiger charge is 2.32. The first-order chi connectivity index (χ1) is 7.10. The van der Waals surface area contributed by atoms with Crippen LogP contribution in [0.25, 0.3) is 0 Å². The van der Waals surface area contributed by atoms with Gasteiger partial charge < -0.3 is 15.8 Å². The molecule has 1 aliphatic heterocycles. The van der Waals surface area contributed by atoms with Crippen LogP contribution in [-0.2, 0) is 15.1 Å². The summed E-state index contributed by atoms with van der Waals surface area (Å²) in [6, 6.07) is 7.48. The zero-order valence-corrected chi connectivity index (χ0v) is 8.62. The molecule has 0 aliphatic carbocycles. The summed E-state index contributed by atoms with van der Waals surface area (Å²) >= 11 is 0. The summed E-state index contributed by atoms with van der Waals surface area (Å²) in [7, 11) is 0. The first-order valence-corrected chi connectivity index (χ1v) is 4.85. The second-order valence-electron chi connectivity index (χ2n) is 4.00. The van der Waals surface area contributed by atoms with Gasteiger partial charge in [0, 0.05) is 5.69 Å². The van der Waals surface area contributed by atoms with Crippen LogP contribution in [0.15, 0.2) is 24.3 Å². The summed E-state index contributed by atoms with van der Waals surface area (Å²) in [6.45, 7) is 2.54. The number of ether oxygens (including phenoxy) is 1. The van der Waals surface area contributed by atoms with Crippen molar-refractivity contribution in [2.75, 3.05) is 18.9 Å². The molecule has 1 amide bonds. The van der Waals surface area contributed by atoms with E-state index in [4.69, 9.17) is 10.5 Å². The standard InChI is InChI=1S/C11H14N2O2/c1-11(7-15-6-10(14)13-11)8-3-2-4-9(12)5-8/h2-5H,6-7,12H2,1H3,(H,13,14)/t11-/m1/s1. The number of nitrogens with two attached hydrogens (primary N) is 1. The van der Waals surface area contributed by atoms with E-state index in [2.05, 4.69) is 5.32 Å². The number of rotatable bonds is 1. The highest BCUT2D eigenvalue weighted by molar-refractivity contribution is 5.79. The van der Waals surface area contributed by atoms with Crippen molar-refractivity contribution in [1.29, 1.82) is 0 Å². The average Bonchev–Trinajstić information content (AvgIpc) is 2.17. The lowest BCUT2D eigenvalue weighted by Crippen LogP contribution is -2.52. The van der Waals surface area contributed by atoms with E-state index < -0.39 is 5.54 Å². The molecule has 0 bridgehead atoms. The van der Waals surface area contributed by atoms with Gasteiger partial charge in [0.25, 0.3) is 0 Å². The molecule has 4 nitrogen and oxygen atoms in total. The monoisotopic (exact) mass is 206 g/mol. The third-order valence-electron chi connectivity index (χ3n) is 2.56. The summed E-state index contributed by atoms with van der Waals surface area (Å²) in [5.74, 6) is -0.0915. The zero-order chi connectivity index (χ0) is 10.9. The van der Waals surface area contributed by atoms with Gasteiger partial charge in [-0.05, 0) is 24.6 Å². The van der Waals surface area contributed by atoms with Gasteiger partial charge in [-0.2, -0.15) is 0 Å². The van der Waals surface area contributed by atoms with Crippen molar-refractivity contribution in [3.63, 3.8) is 0 Å². The Morgan fingerprint density at radius 2 is 2.33 bits per heavy atom. The second kappa shape index (κ2) is 3.55. The molecule has 1 atom stereocenters. The van der Waals surface area contributed by atoms with E-state index in [0.717, 1.165) is 5.56 Å². The van der Waals surface area contributed by atoms with Crippen LogP contribution in [0.5, 0.6) is 0 Å². The van der Waals surface area contributed by atoms with E-state index in [1.54, 1.807) is 0 Å². The Kier molecular flexibility index (Phi) is 2.36. The lowest BCUT2D eigenvalue weighted by molar-refractivity contribution is -0.135. The van der Waals surface area contributed by atoms with E-state index in [1.807, 2.05) is 31.2 Å². The Bertz CT molecular complexity index is 392. The molecule has 1 aliphatic rings. The Morgan fingerprint density at radius 1 is 1.53 bits per heavy atom. The predicted molar refractivity (Wildman–Crippen MR) is 57.2 cm³/mol. The molecular formula is C11H14N2O2. The lowest BCUT2D eigenvalue weighted by atomic mass is 9.91. The van der Waals surface area contributed by atoms with Crippen LogP contribution in [0.3, 0.4) is 0 Å². The molecule has 1 saturated heterocycles. The SMILES string of the molecule is C[C@]1(c2cccc(N)c2)COCC(=O)N1. The first kappa shape index (κ1) is 9.98. The fourth-order valence-electron chi connectivity index (χ4n) is 1.77. The van der Waals surface area contributed by atoms with Crippen LogP contribution >= 0.6 is 0 Å². The van der Waals surface area contributed by atoms with Gasteiger partial charge in [0.05, 0.1) is 12.1 Å². The maximum atomic E-state index is 11.3. The minimum Gasteiger partial charge on any atom is -0.399 e. The highest BCUT2D eigenvalue weighted by Crippen LogP contribution is 2.24. The molecule has 0 unspecified atom stereocenters. The minimum absolute atomic E-state index is 0.0915. The van der Waals surface area contributed by atoms with Crippen molar-refractivity contribution < 1.29 is 9.53 Å². The number of nitrogen functional groups attached to an aromatic ring is 1. The molecule has 1 heterocycles. The molecule has 0 radical (unpaired) electrons. The Labute approximate surface area is 88.4 Å². The molecule has 2 rings (SSSR count).